The summed E-state index contributed by atoms with van der Waals surface area (Å²) in [6.07, 6.45) is 6.52. The van der Waals surface area contributed by atoms with E-state index >= 15 is 0 Å². The Bertz CT molecular complexity index is 1300. The zero-order valence-electron chi connectivity index (χ0n) is 24.8. The largest absolute Gasteiger partial charge is 0.389 e. The van der Waals surface area contributed by atoms with Crippen molar-refractivity contribution in [2.45, 2.75) is 95.4 Å². The fourth-order valence-electron chi connectivity index (χ4n) is 5.38. The number of aromatic amines is 1. The van der Waals surface area contributed by atoms with Crippen LogP contribution in [0.15, 0.2) is 42.9 Å². The molecule has 12 nitrogen and oxygen atoms in total. The molecule has 1 heterocycles. The van der Waals surface area contributed by atoms with Crippen LogP contribution in [-0.4, -0.2) is 85.3 Å². The molecule has 1 fully saturated rings. The van der Waals surface area contributed by atoms with Gasteiger partial charge in [0.25, 0.3) is 0 Å². The fourth-order valence-corrected chi connectivity index (χ4v) is 7.85. The minimum atomic E-state index is -3.91. The number of unbranched alkanes of at least 4 members (excludes halogenated alkanes) is 1. The number of hydrogen-bond donors (Lipinski definition) is 6. The Kier molecular flexibility index (Phi) is 14.1. The standard InChI is InChI=1S/C29H47N5O7S2/c1-2-3-15-32-43(40,41)20-27(35)28(36)25(17-23-12-8-5-9-13-23)33-29(37)26(18-24-19-30-21-31-24)34-42(38,39)16-14-22-10-6-4-7-11-22/h4,6-7,10-11,19,21,23,25-28,32,34-36H,2-3,5,8-9,12-18,20H2,1H3,(H,30,31)(H,33,37)/t25-,26-,27-,28+/m0/s1. The highest BCUT2D eigenvalue weighted by Gasteiger charge is 2.35. The Morgan fingerprint density at radius 1 is 1.07 bits per heavy atom. The van der Waals surface area contributed by atoms with Gasteiger partial charge in [-0.3, -0.25) is 4.79 Å². The van der Waals surface area contributed by atoms with Crippen molar-refractivity contribution in [3.8, 4) is 0 Å². The van der Waals surface area contributed by atoms with Gasteiger partial charge in [0.2, 0.25) is 26.0 Å². The number of benzene rings is 1. The van der Waals surface area contributed by atoms with Crippen molar-refractivity contribution >= 4 is 26.0 Å². The maximum absolute atomic E-state index is 13.7. The van der Waals surface area contributed by atoms with Crippen LogP contribution in [0.25, 0.3) is 0 Å². The van der Waals surface area contributed by atoms with Gasteiger partial charge >= 0.3 is 0 Å². The van der Waals surface area contributed by atoms with E-state index in [9.17, 15) is 31.8 Å². The Labute approximate surface area is 255 Å². The van der Waals surface area contributed by atoms with E-state index < -0.39 is 56.0 Å². The Balaban J connectivity index is 1.76. The Morgan fingerprint density at radius 3 is 2.44 bits per heavy atom. The molecular weight excluding hydrogens is 594 g/mol. The van der Waals surface area contributed by atoms with Crippen LogP contribution in [0.3, 0.4) is 0 Å². The van der Waals surface area contributed by atoms with Crippen LogP contribution in [0, 0.1) is 5.92 Å². The number of aliphatic hydroxyl groups is 2. The van der Waals surface area contributed by atoms with Gasteiger partial charge < -0.3 is 20.5 Å². The second-order valence-electron chi connectivity index (χ2n) is 11.4. The number of H-pyrrole nitrogens is 1. The summed E-state index contributed by atoms with van der Waals surface area (Å²) < 4.78 is 56.1. The highest BCUT2D eigenvalue weighted by Crippen LogP contribution is 2.28. The maximum atomic E-state index is 13.7. The molecule has 1 aromatic heterocycles. The summed E-state index contributed by atoms with van der Waals surface area (Å²) in [5.41, 5.74) is 1.37. The molecule has 1 aromatic carbocycles. The molecule has 0 spiro atoms. The number of carbonyl (C=O) groups is 1. The molecule has 0 unspecified atom stereocenters. The summed E-state index contributed by atoms with van der Waals surface area (Å²) in [7, 11) is -7.78. The third-order valence-corrected chi connectivity index (χ3v) is 10.6. The molecule has 242 valence electrons. The van der Waals surface area contributed by atoms with Gasteiger partial charge in [0.05, 0.1) is 30.0 Å². The minimum Gasteiger partial charge on any atom is -0.389 e. The van der Waals surface area contributed by atoms with E-state index in [1.54, 1.807) is 0 Å². The lowest BCUT2D eigenvalue weighted by atomic mass is 9.83. The van der Waals surface area contributed by atoms with Gasteiger partial charge in [-0.2, -0.15) is 0 Å². The van der Waals surface area contributed by atoms with Gasteiger partial charge in [0.1, 0.15) is 12.1 Å². The molecule has 1 aliphatic rings. The number of carbonyl (C=O) groups excluding carboxylic acids is 1. The third-order valence-electron chi connectivity index (χ3n) is 7.81. The lowest BCUT2D eigenvalue weighted by molar-refractivity contribution is -0.125. The Morgan fingerprint density at radius 2 is 1.79 bits per heavy atom. The highest BCUT2D eigenvalue weighted by atomic mass is 32.2. The SMILES string of the molecule is CCCCNS(=O)(=O)C[C@H](O)[C@H](O)[C@H](CC1CCCCC1)NC(=O)[C@H](Cc1cnc[nH]1)NS(=O)(=O)CCc1ccccc1. The third kappa shape index (κ3) is 12.6. The zero-order chi connectivity index (χ0) is 31.3. The fraction of sp³-hybridized carbons (Fsp3) is 0.655. The van der Waals surface area contributed by atoms with Gasteiger partial charge in [-0.05, 0) is 30.7 Å². The second kappa shape index (κ2) is 17.2. The molecule has 0 aliphatic heterocycles. The minimum absolute atomic E-state index is 0.0269. The number of sulfonamides is 2. The van der Waals surface area contributed by atoms with Gasteiger partial charge in [-0.15, -0.1) is 0 Å². The van der Waals surface area contributed by atoms with Crippen LogP contribution in [0.1, 0.15) is 69.5 Å². The van der Waals surface area contributed by atoms with E-state index in [0.29, 0.717) is 18.5 Å². The second-order valence-corrected chi connectivity index (χ2v) is 15.2. The predicted octanol–water partition coefficient (Wildman–Crippen LogP) is 1.38. The van der Waals surface area contributed by atoms with E-state index in [1.807, 2.05) is 37.3 Å². The topological polar surface area (TPSA) is 191 Å². The first-order valence-electron chi connectivity index (χ1n) is 15.1. The van der Waals surface area contributed by atoms with E-state index in [1.165, 1.54) is 12.5 Å². The van der Waals surface area contributed by atoms with Crippen LogP contribution < -0.4 is 14.8 Å². The summed E-state index contributed by atoms with van der Waals surface area (Å²) in [6.45, 7) is 2.15. The van der Waals surface area contributed by atoms with Crippen LogP contribution in [0.4, 0.5) is 0 Å². The number of nitrogens with one attached hydrogen (secondary N) is 4. The highest BCUT2D eigenvalue weighted by molar-refractivity contribution is 7.89. The van der Waals surface area contributed by atoms with Gasteiger partial charge in [-0.1, -0.05) is 75.8 Å². The molecule has 43 heavy (non-hydrogen) atoms. The number of aryl methyl sites for hydroxylation is 1. The molecule has 1 amide bonds. The predicted molar refractivity (Wildman–Crippen MR) is 165 cm³/mol. The molecule has 0 bridgehead atoms. The first-order valence-corrected chi connectivity index (χ1v) is 18.4. The quantitative estimate of drug-likeness (QED) is 0.124. The Hall–Kier alpha value is -2.36. The number of aromatic nitrogens is 2. The molecule has 0 saturated heterocycles. The number of amides is 1. The van der Waals surface area contributed by atoms with Gasteiger partial charge in [0.15, 0.2) is 0 Å². The van der Waals surface area contributed by atoms with E-state index in [0.717, 1.165) is 44.1 Å². The van der Waals surface area contributed by atoms with E-state index in [2.05, 4.69) is 24.7 Å². The van der Waals surface area contributed by atoms with Crippen LogP contribution in [-0.2, 0) is 37.7 Å². The zero-order valence-corrected chi connectivity index (χ0v) is 26.5. The van der Waals surface area contributed by atoms with Gasteiger partial charge in [-0.25, -0.2) is 31.3 Å². The monoisotopic (exact) mass is 641 g/mol. The summed E-state index contributed by atoms with van der Waals surface area (Å²) in [5.74, 6) is -1.49. The lowest BCUT2D eigenvalue weighted by Crippen LogP contribution is -2.57. The molecule has 14 heteroatoms. The summed E-state index contributed by atoms with van der Waals surface area (Å²) in [6, 6.07) is 6.91. The molecule has 1 saturated carbocycles. The molecule has 0 radical (unpaired) electrons. The molecule has 1 aliphatic carbocycles. The molecule has 2 aromatic rings. The molecule has 3 rings (SSSR count). The normalized spacial score (nSPS) is 17.7. The average molecular weight is 642 g/mol. The van der Waals surface area contributed by atoms with Crippen molar-refractivity contribution < 1.29 is 31.8 Å². The summed E-state index contributed by atoms with van der Waals surface area (Å²) >= 11 is 0. The van der Waals surface area contributed by atoms with Crippen molar-refractivity contribution in [2.75, 3.05) is 18.1 Å². The number of rotatable bonds is 19. The first kappa shape index (κ1) is 35.1. The smallest absolute Gasteiger partial charge is 0.238 e. The summed E-state index contributed by atoms with van der Waals surface area (Å²) in [4.78, 5) is 20.5. The maximum Gasteiger partial charge on any atom is 0.238 e. The lowest BCUT2D eigenvalue weighted by Gasteiger charge is -2.33. The number of nitrogens with zero attached hydrogens (tertiary/aromatic N) is 1. The van der Waals surface area contributed by atoms with Crippen molar-refractivity contribution in [1.82, 2.24) is 24.7 Å². The molecule has 4 atom stereocenters. The van der Waals surface area contributed by atoms with Crippen molar-refractivity contribution in [3.05, 3.63) is 54.1 Å². The van der Waals surface area contributed by atoms with Crippen LogP contribution >= 0.6 is 0 Å². The van der Waals surface area contributed by atoms with Crippen LogP contribution in [0.5, 0.6) is 0 Å². The summed E-state index contributed by atoms with van der Waals surface area (Å²) in [5, 5.41) is 24.7. The van der Waals surface area contributed by atoms with Crippen molar-refractivity contribution in [1.29, 1.82) is 0 Å². The van der Waals surface area contributed by atoms with E-state index in [4.69, 9.17) is 0 Å². The van der Waals surface area contributed by atoms with Crippen molar-refractivity contribution in [3.63, 3.8) is 0 Å². The molecular formula is C29H47N5O7S2. The number of aliphatic hydroxyl groups excluding tert-OH is 2. The average Bonchev–Trinajstić information content (AvgIpc) is 3.49. The van der Waals surface area contributed by atoms with E-state index in [-0.39, 0.29) is 31.1 Å². The molecule has 6 N–H and O–H groups in total. The van der Waals surface area contributed by atoms with Gasteiger partial charge in [0, 0.05) is 24.9 Å². The number of hydrogen-bond acceptors (Lipinski definition) is 8. The number of imidazole rings is 1. The first-order chi connectivity index (χ1) is 20.5. The van der Waals surface area contributed by atoms with Crippen molar-refractivity contribution in [2.24, 2.45) is 5.92 Å². The van der Waals surface area contributed by atoms with Crippen LogP contribution in [0.2, 0.25) is 0 Å².